The molecule has 2 unspecified atom stereocenters. The van der Waals surface area contributed by atoms with Crippen LogP contribution in [0, 0.1) is 0 Å². The molecular weight excluding hydrogens is 316 g/mol. The molecule has 2 aliphatic heterocycles. The van der Waals surface area contributed by atoms with Crippen molar-refractivity contribution in [2.75, 3.05) is 31.1 Å². The Bertz CT molecular complexity index is 650. The maximum absolute atomic E-state index is 12.7. The minimum absolute atomic E-state index is 0.0149. The van der Waals surface area contributed by atoms with E-state index in [1.54, 1.807) is 22.9 Å². The van der Waals surface area contributed by atoms with E-state index in [0.717, 1.165) is 44.6 Å². The van der Waals surface area contributed by atoms with E-state index < -0.39 is 10.0 Å². The number of hydrogen-bond acceptors (Lipinski definition) is 6. The van der Waals surface area contributed by atoms with Gasteiger partial charge >= 0.3 is 0 Å². The molecule has 3 aliphatic rings. The molecule has 0 amide bonds. The number of rotatable bonds is 3. The van der Waals surface area contributed by atoms with Crippen LogP contribution in [0.4, 0.5) is 5.82 Å². The molecule has 0 aromatic carbocycles. The Morgan fingerprint density at radius 1 is 1.09 bits per heavy atom. The molecule has 8 heteroatoms. The molecule has 0 N–H and O–H groups in total. The number of morpholine rings is 1. The van der Waals surface area contributed by atoms with Crippen molar-refractivity contribution < 1.29 is 13.2 Å². The Hall–Kier alpha value is -1.25. The molecule has 126 valence electrons. The van der Waals surface area contributed by atoms with E-state index in [1.807, 2.05) is 0 Å². The van der Waals surface area contributed by atoms with Crippen LogP contribution in [0.3, 0.4) is 0 Å². The average Bonchev–Trinajstić information content (AvgIpc) is 3.42. The highest BCUT2D eigenvalue weighted by molar-refractivity contribution is 7.90. The molecule has 2 saturated heterocycles. The number of ether oxygens (including phenoxy) is 1. The Labute approximate surface area is 136 Å². The fraction of sp³-hybridized carbons (Fsp3) is 0.733. The van der Waals surface area contributed by atoms with E-state index in [0.29, 0.717) is 13.2 Å². The molecule has 23 heavy (non-hydrogen) atoms. The minimum atomic E-state index is -3.15. The van der Waals surface area contributed by atoms with Crippen molar-refractivity contribution in [3.63, 3.8) is 0 Å². The molecule has 3 fully saturated rings. The third kappa shape index (κ3) is 2.95. The third-order valence-electron chi connectivity index (χ3n) is 4.97. The first-order valence-electron chi connectivity index (χ1n) is 8.29. The van der Waals surface area contributed by atoms with Crippen LogP contribution in [0.2, 0.25) is 0 Å². The van der Waals surface area contributed by atoms with Crippen LogP contribution in [0.5, 0.6) is 0 Å². The summed E-state index contributed by atoms with van der Waals surface area (Å²) in [4.78, 5) is 10.7. The van der Waals surface area contributed by atoms with Gasteiger partial charge in [0, 0.05) is 32.0 Å². The molecule has 7 nitrogen and oxygen atoms in total. The van der Waals surface area contributed by atoms with Gasteiger partial charge < -0.3 is 9.64 Å². The largest absolute Gasteiger partial charge is 0.375 e. The maximum Gasteiger partial charge on any atom is 0.217 e. The summed E-state index contributed by atoms with van der Waals surface area (Å²) in [5.41, 5.74) is 0. The fourth-order valence-corrected chi connectivity index (χ4v) is 5.66. The van der Waals surface area contributed by atoms with Crippen LogP contribution in [0.15, 0.2) is 18.6 Å². The van der Waals surface area contributed by atoms with Gasteiger partial charge in [-0.2, -0.15) is 4.31 Å². The topological polar surface area (TPSA) is 75.6 Å². The summed E-state index contributed by atoms with van der Waals surface area (Å²) in [7, 11) is -3.15. The molecule has 1 aromatic rings. The highest BCUT2D eigenvalue weighted by atomic mass is 32.2. The van der Waals surface area contributed by atoms with Gasteiger partial charge in [-0.05, 0) is 25.7 Å². The molecule has 4 rings (SSSR count). The van der Waals surface area contributed by atoms with Crippen molar-refractivity contribution in [1.29, 1.82) is 0 Å². The van der Waals surface area contributed by atoms with Crippen molar-refractivity contribution in [2.45, 2.75) is 43.1 Å². The molecule has 0 radical (unpaired) electrons. The Kier molecular flexibility index (Phi) is 3.98. The predicted molar refractivity (Wildman–Crippen MR) is 85.7 cm³/mol. The molecule has 3 heterocycles. The third-order valence-corrected chi connectivity index (χ3v) is 7.39. The van der Waals surface area contributed by atoms with Gasteiger partial charge in [-0.15, -0.1) is 0 Å². The lowest BCUT2D eigenvalue weighted by molar-refractivity contribution is -0.0406. The molecule has 2 atom stereocenters. The van der Waals surface area contributed by atoms with Crippen molar-refractivity contribution in [3.8, 4) is 0 Å². The molecule has 1 aliphatic carbocycles. The number of nitrogens with zero attached hydrogens (tertiary/aromatic N) is 4. The van der Waals surface area contributed by atoms with Gasteiger partial charge in [0.25, 0.3) is 0 Å². The second kappa shape index (κ2) is 5.99. The van der Waals surface area contributed by atoms with E-state index >= 15 is 0 Å². The first-order chi connectivity index (χ1) is 11.2. The zero-order valence-electron chi connectivity index (χ0n) is 13.0. The predicted octanol–water partition coefficient (Wildman–Crippen LogP) is 0.638. The number of hydrogen-bond donors (Lipinski definition) is 0. The number of fused-ring (bicyclic) bond motifs is 1. The first kappa shape index (κ1) is 15.3. The van der Waals surface area contributed by atoms with E-state index in [1.165, 1.54) is 0 Å². The van der Waals surface area contributed by atoms with Crippen molar-refractivity contribution >= 4 is 15.8 Å². The van der Waals surface area contributed by atoms with Gasteiger partial charge in [-0.1, -0.05) is 0 Å². The van der Waals surface area contributed by atoms with Gasteiger partial charge in [0.15, 0.2) is 0 Å². The smallest absolute Gasteiger partial charge is 0.217 e. The fourth-order valence-electron chi connectivity index (χ4n) is 3.60. The lowest BCUT2D eigenvalue weighted by Gasteiger charge is -2.39. The summed E-state index contributed by atoms with van der Waals surface area (Å²) in [6.07, 6.45) is 8.30. The summed E-state index contributed by atoms with van der Waals surface area (Å²) >= 11 is 0. The number of aromatic nitrogens is 2. The quantitative estimate of drug-likeness (QED) is 0.805. The second-order valence-corrected chi connectivity index (χ2v) is 8.63. The zero-order valence-corrected chi connectivity index (χ0v) is 13.9. The average molecular weight is 338 g/mol. The molecular formula is C15H22N4O3S. The van der Waals surface area contributed by atoms with E-state index in [9.17, 15) is 8.42 Å². The van der Waals surface area contributed by atoms with Crippen molar-refractivity contribution in [1.82, 2.24) is 14.3 Å². The molecule has 1 aromatic heterocycles. The minimum Gasteiger partial charge on any atom is -0.375 e. The SMILES string of the molecule is O=S(=O)(C1CC1)N1CCOC2CCN(c3cnccn3)CCC21. The van der Waals surface area contributed by atoms with Gasteiger partial charge in [-0.3, -0.25) is 4.98 Å². The van der Waals surface area contributed by atoms with Crippen molar-refractivity contribution in [3.05, 3.63) is 18.6 Å². The first-order valence-corrected chi connectivity index (χ1v) is 9.80. The number of anilines is 1. The van der Waals surface area contributed by atoms with Crippen molar-refractivity contribution in [2.24, 2.45) is 0 Å². The van der Waals surface area contributed by atoms with Gasteiger partial charge in [0.2, 0.25) is 10.0 Å². The highest BCUT2D eigenvalue weighted by Gasteiger charge is 2.46. The van der Waals surface area contributed by atoms with Gasteiger partial charge in [0.05, 0.1) is 30.2 Å². The van der Waals surface area contributed by atoms with Crippen LogP contribution in [0.25, 0.3) is 0 Å². The lowest BCUT2D eigenvalue weighted by Crippen LogP contribution is -2.54. The van der Waals surface area contributed by atoms with Crippen LogP contribution >= 0.6 is 0 Å². The van der Waals surface area contributed by atoms with E-state index in [-0.39, 0.29) is 17.4 Å². The second-order valence-electron chi connectivity index (χ2n) is 6.46. The van der Waals surface area contributed by atoms with Crippen LogP contribution in [-0.4, -0.2) is 66.3 Å². The van der Waals surface area contributed by atoms with Gasteiger partial charge in [-0.25, -0.2) is 13.4 Å². The Balaban J connectivity index is 1.53. The summed E-state index contributed by atoms with van der Waals surface area (Å²) in [6.45, 7) is 2.58. The lowest BCUT2D eigenvalue weighted by atomic mass is 10.0. The van der Waals surface area contributed by atoms with E-state index in [2.05, 4.69) is 14.9 Å². The Morgan fingerprint density at radius 3 is 2.65 bits per heavy atom. The summed E-state index contributed by atoms with van der Waals surface area (Å²) < 4.78 is 33.0. The summed E-state index contributed by atoms with van der Waals surface area (Å²) in [5.74, 6) is 0.850. The standard InChI is InChI=1S/C15H22N4O3S/c20-23(21,12-1-2-12)19-9-10-22-14-4-8-18(7-3-13(14)19)15-11-16-5-6-17-15/h5-6,11-14H,1-4,7-10H2. The van der Waals surface area contributed by atoms with Gasteiger partial charge in [0.1, 0.15) is 5.82 Å². The summed E-state index contributed by atoms with van der Waals surface area (Å²) in [6, 6.07) is -0.0454. The monoisotopic (exact) mass is 338 g/mol. The van der Waals surface area contributed by atoms with Crippen LogP contribution in [0.1, 0.15) is 25.7 Å². The Morgan fingerprint density at radius 2 is 1.91 bits per heavy atom. The maximum atomic E-state index is 12.7. The van der Waals surface area contributed by atoms with Crippen LogP contribution < -0.4 is 4.90 Å². The molecule has 0 bridgehead atoms. The highest BCUT2D eigenvalue weighted by Crippen LogP contribution is 2.35. The van der Waals surface area contributed by atoms with Crippen LogP contribution in [-0.2, 0) is 14.8 Å². The summed E-state index contributed by atoms with van der Waals surface area (Å²) in [5, 5.41) is -0.152. The molecule has 1 saturated carbocycles. The van der Waals surface area contributed by atoms with E-state index in [4.69, 9.17) is 4.74 Å². The zero-order chi connectivity index (χ0) is 15.9. The molecule has 0 spiro atoms. The normalized spacial score (nSPS) is 29.8. The number of sulfonamides is 1.